The predicted molar refractivity (Wildman–Crippen MR) is 109 cm³/mol. The fraction of sp³-hybridized carbons (Fsp3) is 0.435. The Morgan fingerprint density at radius 3 is 2.43 bits per heavy atom. The molecule has 0 spiro atoms. The minimum Gasteiger partial charge on any atom is -0.493 e. The van der Waals surface area contributed by atoms with Crippen molar-refractivity contribution in [3.8, 4) is 17.2 Å². The number of hydrogen-bond donors (Lipinski definition) is 0. The number of amides is 1. The number of hydrogen-bond acceptors (Lipinski definition) is 4. The molecule has 1 aliphatic rings. The van der Waals surface area contributed by atoms with Crippen molar-refractivity contribution in [2.45, 2.75) is 45.3 Å². The van der Waals surface area contributed by atoms with Gasteiger partial charge in [-0.05, 0) is 73.6 Å². The second-order valence-corrected chi connectivity index (χ2v) is 7.28. The van der Waals surface area contributed by atoms with Gasteiger partial charge in [-0.1, -0.05) is 12.1 Å². The maximum absolute atomic E-state index is 12.8. The Morgan fingerprint density at radius 1 is 1.00 bits per heavy atom. The van der Waals surface area contributed by atoms with Crippen LogP contribution in [0, 0.1) is 0 Å². The first kappa shape index (κ1) is 20.1. The minimum atomic E-state index is -0.549. The summed E-state index contributed by atoms with van der Waals surface area (Å²) in [5.74, 6) is 2.03. The van der Waals surface area contributed by atoms with E-state index >= 15 is 0 Å². The Hall–Kier alpha value is -2.69. The number of likely N-dealkylation sites (N-methyl/N-ethyl adjacent to an activating group) is 1. The summed E-state index contributed by atoms with van der Waals surface area (Å²) in [4.78, 5) is 14.4. The Morgan fingerprint density at radius 2 is 1.71 bits per heavy atom. The molecule has 0 saturated carbocycles. The molecule has 1 amide bonds. The number of carbonyl (C=O) groups is 1. The molecule has 0 fully saturated rings. The van der Waals surface area contributed by atoms with E-state index in [-0.39, 0.29) is 5.91 Å². The molecule has 1 aliphatic carbocycles. The van der Waals surface area contributed by atoms with Gasteiger partial charge in [0.1, 0.15) is 5.75 Å². The van der Waals surface area contributed by atoms with Crippen LogP contribution < -0.4 is 14.2 Å². The Labute approximate surface area is 167 Å². The molecular formula is C23H29NO4. The third kappa shape index (κ3) is 4.58. The molecule has 0 radical (unpaired) electrons. The molecule has 1 atom stereocenters. The van der Waals surface area contributed by atoms with Gasteiger partial charge in [-0.3, -0.25) is 4.79 Å². The number of carbonyl (C=O) groups excluding carboxylic acids is 1. The second-order valence-electron chi connectivity index (χ2n) is 7.28. The molecule has 3 rings (SSSR count). The van der Waals surface area contributed by atoms with Gasteiger partial charge < -0.3 is 19.1 Å². The summed E-state index contributed by atoms with van der Waals surface area (Å²) in [6.07, 6.45) is 4.15. The second kappa shape index (κ2) is 9.00. The first-order chi connectivity index (χ1) is 13.5. The van der Waals surface area contributed by atoms with Crippen LogP contribution in [0.4, 0.5) is 0 Å². The van der Waals surface area contributed by atoms with Gasteiger partial charge in [-0.25, -0.2) is 0 Å². The highest BCUT2D eigenvalue weighted by Gasteiger charge is 2.20. The van der Waals surface area contributed by atoms with Gasteiger partial charge in [0.05, 0.1) is 14.2 Å². The van der Waals surface area contributed by atoms with Crippen molar-refractivity contribution < 1.29 is 19.0 Å². The van der Waals surface area contributed by atoms with Crippen molar-refractivity contribution in [2.75, 3.05) is 21.3 Å². The van der Waals surface area contributed by atoms with E-state index in [1.165, 1.54) is 24.0 Å². The lowest BCUT2D eigenvalue weighted by atomic mass is 9.92. The van der Waals surface area contributed by atoms with E-state index in [2.05, 4.69) is 12.1 Å². The summed E-state index contributed by atoms with van der Waals surface area (Å²) in [5, 5.41) is 0. The van der Waals surface area contributed by atoms with Crippen LogP contribution in [-0.2, 0) is 24.2 Å². The van der Waals surface area contributed by atoms with E-state index in [0.717, 1.165) is 24.2 Å². The average molecular weight is 383 g/mol. The summed E-state index contributed by atoms with van der Waals surface area (Å²) in [5.41, 5.74) is 3.72. The van der Waals surface area contributed by atoms with Gasteiger partial charge in [-0.2, -0.15) is 0 Å². The van der Waals surface area contributed by atoms with Crippen molar-refractivity contribution in [3.63, 3.8) is 0 Å². The SMILES string of the molecule is COc1ccc(CN(C)C(=O)[C@@H](C)Oc2ccc3c(c2)CCCC3)cc1OC. The Bertz CT molecular complexity index is 784. The zero-order valence-electron chi connectivity index (χ0n) is 17.2. The van der Waals surface area contributed by atoms with Gasteiger partial charge in [0.2, 0.25) is 0 Å². The van der Waals surface area contributed by atoms with Crippen molar-refractivity contribution in [2.24, 2.45) is 0 Å². The first-order valence-electron chi connectivity index (χ1n) is 9.76. The highest BCUT2D eigenvalue weighted by atomic mass is 16.5. The van der Waals surface area contributed by atoms with Gasteiger partial charge in [0, 0.05) is 13.6 Å². The fourth-order valence-corrected chi connectivity index (χ4v) is 3.68. The third-order valence-electron chi connectivity index (χ3n) is 5.22. The maximum Gasteiger partial charge on any atom is 0.263 e. The molecule has 28 heavy (non-hydrogen) atoms. The molecule has 0 unspecified atom stereocenters. The molecule has 0 bridgehead atoms. The van der Waals surface area contributed by atoms with Crippen molar-refractivity contribution in [1.82, 2.24) is 4.90 Å². The summed E-state index contributed by atoms with van der Waals surface area (Å²) in [6.45, 7) is 2.27. The lowest BCUT2D eigenvalue weighted by Gasteiger charge is -2.23. The quantitative estimate of drug-likeness (QED) is 0.725. The molecule has 0 N–H and O–H groups in total. The predicted octanol–water partition coefficient (Wildman–Crippen LogP) is 4.01. The zero-order chi connectivity index (χ0) is 20.1. The summed E-state index contributed by atoms with van der Waals surface area (Å²) in [6, 6.07) is 11.9. The Balaban J connectivity index is 1.62. The number of ether oxygens (including phenoxy) is 3. The van der Waals surface area contributed by atoms with Crippen LogP contribution >= 0.6 is 0 Å². The zero-order valence-corrected chi connectivity index (χ0v) is 17.2. The van der Waals surface area contributed by atoms with Crippen LogP contribution in [0.5, 0.6) is 17.2 Å². The molecule has 5 nitrogen and oxygen atoms in total. The number of nitrogens with zero attached hydrogens (tertiary/aromatic N) is 1. The third-order valence-corrected chi connectivity index (χ3v) is 5.22. The molecule has 2 aromatic rings. The highest BCUT2D eigenvalue weighted by Crippen LogP contribution is 2.28. The number of aryl methyl sites for hydroxylation is 2. The van der Waals surface area contributed by atoms with Crippen LogP contribution in [0.2, 0.25) is 0 Å². The molecule has 2 aromatic carbocycles. The molecule has 0 heterocycles. The highest BCUT2D eigenvalue weighted by molar-refractivity contribution is 5.80. The van der Waals surface area contributed by atoms with Crippen molar-refractivity contribution >= 4 is 5.91 Å². The van der Waals surface area contributed by atoms with E-state index < -0.39 is 6.10 Å². The first-order valence-corrected chi connectivity index (χ1v) is 9.76. The topological polar surface area (TPSA) is 48.0 Å². The normalized spacial score (nSPS) is 14.0. The van der Waals surface area contributed by atoms with E-state index in [0.29, 0.717) is 18.0 Å². The lowest BCUT2D eigenvalue weighted by Crippen LogP contribution is -2.37. The number of fused-ring (bicyclic) bond motifs is 1. The molecule has 5 heteroatoms. The van der Waals surface area contributed by atoms with Gasteiger partial charge >= 0.3 is 0 Å². The van der Waals surface area contributed by atoms with Crippen LogP contribution in [0.15, 0.2) is 36.4 Å². The maximum atomic E-state index is 12.8. The van der Waals surface area contributed by atoms with Crippen molar-refractivity contribution in [3.05, 3.63) is 53.1 Å². The van der Waals surface area contributed by atoms with Crippen LogP contribution in [0.3, 0.4) is 0 Å². The van der Waals surface area contributed by atoms with Crippen LogP contribution in [0.25, 0.3) is 0 Å². The summed E-state index contributed by atoms with van der Waals surface area (Å²) in [7, 11) is 4.99. The summed E-state index contributed by atoms with van der Waals surface area (Å²) < 4.78 is 16.5. The smallest absolute Gasteiger partial charge is 0.263 e. The van der Waals surface area contributed by atoms with E-state index in [9.17, 15) is 4.79 Å². The van der Waals surface area contributed by atoms with E-state index in [1.54, 1.807) is 33.1 Å². The fourth-order valence-electron chi connectivity index (χ4n) is 3.68. The number of rotatable bonds is 7. The average Bonchev–Trinajstić information content (AvgIpc) is 2.72. The largest absolute Gasteiger partial charge is 0.493 e. The van der Waals surface area contributed by atoms with Gasteiger partial charge in [0.25, 0.3) is 5.91 Å². The lowest BCUT2D eigenvalue weighted by molar-refractivity contribution is -0.137. The molecule has 0 saturated heterocycles. The van der Waals surface area contributed by atoms with Crippen molar-refractivity contribution in [1.29, 1.82) is 0 Å². The Kier molecular flexibility index (Phi) is 6.45. The monoisotopic (exact) mass is 383 g/mol. The van der Waals surface area contributed by atoms with E-state index in [4.69, 9.17) is 14.2 Å². The van der Waals surface area contributed by atoms with Gasteiger partial charge in [-0.15, -0.1) is 0 Å². The van der Waals surface area contributed by atoms with Crippen LogP contribution in [0.1, 0.15) is 36.5 Å². The van der Waals surface area contributed by atoms with Gasteiger partial charge in [0.15, 0.2) is 17.6 Å². The molecular weight excluding hydrogens is 354 g/mol. The number of benzene rings is 2. The minimum absolute atomic E-state index is 0.0625. The number of methoxy groups -OCH3 is 2. The molecule has 0 aromatic heterocycles. The molecule has 150 valence electrons. The van der Waals surface area contributed by atoms with E-state index in [1.807, 2.05) is 24.3 Å². The summed E-state index contributed by atoms with van der Waals surface area (Å²) >= 11 is 0. The van der Waals surface area contributed by atoms with Crippen LogP contribution in [-0.4, -0.2) is 38.2 Å². The molecule has 0 aliphatic heterocycles. The standard InChI is InChI=1S/C23H29NO4/c1-16(28-20-11-10-18-7-5-6-8-19(18)14-20)23(25)24(2)15-17-9-12-21(26-3)22(13-17)27-4/h9-14,16H,5-8,15H2,1-4H3/t16-/m1/s1.